The first-order valence-electron chi connectivity index (χ1n) is 6.87. The average molecular weight is 261 g/mol. The van der Waals surface area contributed by atoms with Gasteiger partial charge in [0, 0.05) is 20.0 Å². The summed E-state index contributed by atoms with van der Waals surface area (Å²) >= 11 is 0. The van der Waals surface area contributed by atoms with Crippen LogP contribution < -0.4 is 5.73 Å². The summed E-state index contributed by atoms with van der Waals surface area (Å²) in [6, 6.07) is 6.21. The summed E-state index contributed by atoms with van der Waals surface area (Å²) < 4.78 is 5.49. The summed E-state index contributed by atoms with van der Waals surface area (Å²) in [7, 11) is 2.14. The lowest BCUT2D eigenvalue weighted by atomic mass is 10.1. The van der Waals surface area contributed by atoms with Crippen LogP contribution in [0.25, 0.3) is 11.1 Å². The molecule has 2 rings (SSSR count). The Morgan fingerprint density at radius 1 is 1.42 bits per heavy atom. The van der Waals surface area contributed by atoms with Crippen LogP contribution in [0.4, 0.5) is 0 Å². The smallest absolute Gasteiger partial charge is 0.192 e. The van der Waals surface area contributed by atoms with E-state index in [2.05, 4.69) is 36.0 Å². The van der Waals surface area contributed by atoms with Gasteiger partial charge in [0.2, 0.25) is 0 Å². The highest BCUT2D eigenvalue weighted by Crippen LogP contribution is 2.18. The molecule has 1 aromatic carbocycles. The number of nitrogens with two attached hydrogens (primary N) is 1. The molecule has 1 aromatic heterocycles. The van der Waals surface area contributed by atoms with Gasteiger partial charge >= 0.3 is 0 Å². The van der Waals surface area contributed by atoms with Gasteiger partial charge in [0.25, 0.3) is 0 Å². The lowest BCUT2D eigenvalue weighted by Crippen LogP contribution is -2.29. The van der Waals surface area contributed by atoms with Crippen molar-refractivity contribution in [3.63, 3.8) is 0 Å². The van der Waals surface area contributed by atoms with E-state index in [0.717, 1.165) is 43.0 Å². The molecule has 2 N–H and O–H groups in total. The maximum atomic E-state index is 5.75. The first-order chi connectivity index (χ1) is 9.12. The Bertz CT molecular complexity index is 531. The van der Waals surface area contributed by atoms with Crippen LogP contribution in [0.1, 0.15) is 24.8 Å². The Labute approximate surface area is 114 Å². The molecule has 0 fully saturated rings. The Hall–Kier alpha value is -1.39. The standard InChI is InChI=1S/C15H23N3O/c1-4-12(8-16)9-18(3)10-13-5-6-15-14(7-13)17-11(2)19-15/h5-7,12H,4,8-10,16H2,1-3H3. The largest absolute Gasteiger partial charge is 0.441 e. The molecule has 2 aromatic rings. The predicted molar refractivity (Wildman–Crippen MR) is 77.9 cm³/mol. The lowest BCUT2D eigenvalue weighted by Gasteiger charge is -2.22. The van der Waals surface area contributed by atoms with Gasteiger partial charge in [-0.15, -0.1) is 0 Å². The number of fused-ring (bicyclic) bond motifs is 1. The van der Waals surface area contributed by atoms with E-state index in [-0.39, 0.29) is 0 Å². The summed E-state index contributed by atoms with van der Waals surface area (Å²) in [6.07, 6.45) is 1.13. The summed E-state index contributed by atoms with van der Waals surface area (Å²) in [5, 5.41) is 0. The highest BCUT2D eigenvalue weighted by atomic mass is 16.3. The molecular weight excluding hydrogens is 238 g/mol. The Balaban J connectivity index is 2.03. The minimum atomic E-state index is 0.572. The quantitative estimate of drug-likeness (QED) is 0.868. The van der Waals surface area contributed by atoms with Crippen LogP contribution in [0.5, 0.6) is 0 Å². The zero-order valence-electron chi connectivity index (χ0n) is 12.0. The molecule has 104 valence electrons. The summed E-state index contributed by atoms with van der Waals surface area (Å²) in [5.41, 5.74) is 8.81. The first kappa shape index (κ1) is 14.0. The monoisotopic (exact) mass is 261 g/mol. The number of oxazole rings is 1. The average Bonchev–Trinajstić information content (AvgIpc) is 2.75. The minimum absolute atomic E-state index is 0.572. The van der Waals surface area contributed by atoms with E-state index in [0.29, 0.717) is 5.92 Å². The van der Waals surface area contributed by atoms with Crippen LogP contribution in [0.3, 0.4) is 0 Å². The lowest BCUT2D eigenvalue weighted by molar-refractivity contribution is 0.268. The highest BCUT2D eigenvalue weighted by molar-refractivity contribution is 5.73. The van der Waals surface area contributed by atoms with Crippen molar-refractivity contribution in [1.29, 1.82) is 0 Å². The van der Waals surface area contributed by atoms with Gasteiger partial charge in [-0.25, -0.2) is 4.98 Å². The van der Waals surface area contributed by atoms with Gasteiger partial charge in [0.1, 0.15) is 5.52 Å². The molecular formula is C15H23N3O. The third kappa shape index (κ3) is 3.55. The van der Waals surface area contributed by atoms with Crippen LogP contribution in [0, 0.1) is 12.8 Å². The minimum Gasteiger partial charge on any atom is -0.441 e. The van der Waals surface area contributed by atoms with Gasteiger partial charge in [-0.1, -0.05) is 19.4 Å². The molecule has 1 atom stereocenters. The molecule has 1 heterocycles. The van der Waals surface area contributed by atoms with Crippen LogP contribution in [-0.4, -0.2) is 30.0 Å². The normalized spacial score (nSPS) is 13.3. The van der Waals surface area contributed by atoms with Crippen molar-refractivity contribution in [2.24, 2.45) is 11.7 Å². The molecule has 0 bridgehead atoms. The number of aromatic nitrogens is 1. The number of nitrogens with zero attached hydrogens (tertiary/aromatic N) is 2. The van der Waals surface area contributed by atoms with Gasteiger partial charge in [-0.2, -0.15) is 0 Å². The molecule has 0 aliphatic rings. The maximum absolute atomic E-state index is 5.75. The predicted octanol–water partition coefficient (Wildman–Crippen LogP) is 2.55. The van der Waals surface area contributed by atoms with Crippen LogP contribution in [-0.2, 0) is 6.54 Å². The number of aryl methyl sites for hydroxylation is 1. The van der Waals surface area contributed by atoms with Crippen molar-refractivity contribution in [1.82, 2.24) is 9.88 Å². The molecule has 0 radical (unpaired) electrons. The van der Waals surface area contributed by atoms with Crippen molar-refractivity contribution in [2.75, 3.05) is 20.1 Å². The van der Waals surface area contributed by atoms with Crippen molar-refractivity contribution in [2.45, 2.75) is 26.8 Å². The SMILES string of the molecule is CCC(CN)CN(C)Cc1ccc2oc(C)nc2c1. The molecule has 19 heavy (non-hydrogen) atoms. The number of hydrogen-bond acceptors (Lipinski definition) is 4. The fourth-order valence-electron chi connectivity index (χ4n) is 2.37. The first-order valence-corrected chi connectivity index (χ1v) is 6.87. The Morgan fingerprint density at radius 3 is 2.89 bits per heavy atom. The van der Waals surface area contributed by atoms with E-state index < -0.39 is 0 Å². The second kappa shape index (κ2) is 6.17. The third-order valence-electron chi connectivity index (χ3n) is 3.49. The summed E-state index contributed by atoms with van der Waals surface area (Å²) in [4.78, 5) is 6.68. The molecule has 0 saturated heterocycles. The molecule has 0 amide bonds. The second-order valence-corrected chi connectivity index (χ2v) is 5.24. The van der Waals surface area contributed by atoms with E-state index in [1.807, 2.05) is 13.0 Å². The second-order valence-electron chi connectivity index (χ2n) is 5.24. The van der Waals surface area contributed by atoms with Crippen molar-refractivity contribution in [3.8, 4) is 0 Å². The van der Waals surface area contributed by atoms with E-state index in [1.165, 1.54) is 5.56 Å². The zero-order valence-corrected chi connectivity index (χ0v) is 12.0. The molecule has 1 unspecified atom stereocenters. The third-order valence-corrected chi connectivity index (χ3v) is 3.49. The van der Waals surface area contributed by atoms with Gasteiger partial charge < -0.3 is 15.1 Å². The van der Waals surface area contributed by atoms with E-state index >= 15 is 0 Å². The van der Waals surface area contributed by atoms with Gasteiger partial charge in [0.05, 0.1) is 0 Å². The van der Waals surface area contributed by atoms with Crippen LogP contribution in [0.2, 0.25) is 0 Å². The molecule has 0 aliphatic heterocycles. The fourth-order valence-corrected chi connectivity index (χ4v) is 2.37. The van der Waals surface area contributed by atoms with Crippen LogP contribution >= 0.6 is 0 Å². The van der Waals surface area contributed by atoms with Gasteiger partial charge in [0.15, 0.2) is 11.5 Å². The Morgan fingerprint density at radius 2 is 2.21 bits per heavy atom. The topological polar surface area (TPSA) is 55.3 Å². The van der Waals surface area contributed by atoms with Gasteiger partial charge in [-0.3, -0.25) is 0 Å². The fraction of sp³-hybridized carbons (Fsp3) is 0.533. The highest BCUT2D eigenvalue weighted by Gasteiger charge is 2.09. The summed E-state index contributed by atoms with van der Waals surface area (Å²) in [6.45, 7) is 6.76. The van der Waals surface area contributed by atoms with Crippen LogP contribution in [0.15, 0.2) is 22.6 Å². The molecule has 0 aliphatic carbocycles. The summed E-state index contributed by atoms with van der Waals surface area (Å²) in [5.74, 6) is 1.29. The molecule has 4 heteroatoms. The molecule has 0 spiro atoms. The van der Waals surface area contributed by atoms with E-state index in [1.54, 1.807) is 0 Å². The van der Waals surface area contributed by atoms with Crippen molar-refractivity contribution >= 4 is 11.1 Å². The molecule has 4 nitrogen and oxygen atoms in total. The van der Waals surface area contributed by atoms with Crippen molar-refractivity contribution < 1.29 is 4.42 Å². The van der Waals surface area contributed by atoms with E-state index in [4.69, 9.17) is 10.2 Å². The maximum Gasteiger partial charge on any atom is 0.192 e. The number of rotatable bonds is 6. The van der Waals surface area contributed by atoms with Gasteiger partial charge in [-0.05, 0) is 37.2 Å². The zero-order chi connectivity index (χ0) is 13.8. The number of benzene rings is 1. The number of hydrogen-bond donors (Lipinski definition) is 1. The Kier molecular flexibility index (Phi) is 4.56. The molecule has 0 saturated carbocycles. The van der Waals surface area contributed by atoms with Crippen molar-refractivity contribution in [3.05, 3.63) is 29.7 Å². The van der Waals surface area contributed by atoms with E-state index in [9.17, 15) is 0 Å².